The van der Waals surface area contributed by atoms with Crippen molar-refractivity contribution in [1.82, 2.24) is 10.1 Å². The molecule has 1 fully saturated rings. The monoisotopic (exact) mass is 398 g/mol. The van der Waals surface area contributed by atoms with Crippen LogP contribution in [0.5, 0.6) is 0 Å². The second-order valence-electron chi connectivity index (χ2n) is 8.00. The number of amides is 1. The molecular formula is C23H30N2O4. The van der Waals surface area contributed by atoms with E-state index in [4.69, 9.17) is 9.26 Å². The van der Waals surface area contributed by atoms with Crippen LogP contribution in [0.1, 0.15) is 47.9 Å². The number of nitrogens with zero attached hydrogens (tertiary/aromatic N) is 2. The molecule has 2 heterocycles. The zero-order chi connectivity index (χ0) is 21.0. The number of carbonyl (C=O) groups excluding carboxylic acids is 2. The van der Waals surface area contributed by atoms with Crippen LogP contribution in [0.4, 0.5) is 0 Å². The average molecular weight is 399 g/mol. The first-order valence-corrected chi connectivity index (χ1v) is 10.3. The Morgan fingerprint density at radius 2 is 2.00 bits per heavy atom. The third-order valence-corrected chi connectivity index (χ3v) is 5.94. The molecule has 0 spiro atoms. The summed E-state index contributed by atoms with van der Waals surface area (Å²) in [6.07, 6.45) is 2.31. The summed E-state index contributed by atoms with van der Waals surface area (Å²) >= 11 is 0. The van der Waals surface area contributed by atoms with E-state index in [1.165, 1.54) is 0 Å². The molecule has 1 amide bonds. The average Bonchev–Trinajstić information content (AvgIpc) is 3.02. The number of ether oxygens (including phenoxy) is 1. The highest BCUT2D eigenvalue weighted by atomic mass is 16.5. The van der Waals surface area contributed by atoms with Gasteiger partial charge in [0.25, 0.3) is 0 Å². The molecule has 0 bridgehead atoms. The summed E-state index contributed by atoms with van der Waals surface area (Å²) in [6, 6.07) is 8.10. The van der Waals surface area contributed by atoms with Gasteiger partial charge in [-0.3, -0.25) is 9.59 Å². The number of rotatable bonds is 6. The zero-order valence-corrected chi connectivity index (χ0v) is 17.8. The first-order valence-electron chi connectivity index (χ1n) is 10.3. The Hall–Kier alpha value is -2.63. The van der Waals surface area contributed by atoms with E-state index in [1.54, 1.807) is 0 Å². The second kappa shape index (κ2) is 8.80. The molecule has 1 atom stereocenters. The first kappa shape index (κ1) is 21.1. The van der Waals surface area contributed by atoms with E-state index in [0.717, 1.165) is 35.2 Å². The standard InChI is InChI=1S/C23H30N2O4/c1-5-28-22(27)23(14-19-10-7-6-9-16(19)2)11-8-12-25(15-23)21(26)13-20-17(3)24-29-18(20)4/h6-7,9-10H,5,8,11-15H2,1-4H3/t23-/m0/s1. The van der Waals surface area contributed by atoms with Crippen molar-refractivity contribution in [3.05, 3.63) is 52.4 Å². The van der Waals surface area contributed by atoms with Gasteiger partial charge in [-0.1, -0.05) is 29.4 Å². The molecule has 0 N–H and O–H groups in total. The minimum absolute atomic E-state index is 0.00226. The maximum absolute atomic E-state index is 13.1. The predicted octanol–water partition coefficient (Wildman–Crippen LogP) is 3.56. The van der Waals surface area contributed by atoms with Crippen molar-refractivity contribution in [2.75, 3.05) is 19.7 Å². The van der Waals surface area contributed by atoms with Crippen molar-refractivity contribution in [1.29, 1.82) is 0 Å². The Balaban J connectivity index is 1.84. The number of esters is 1. The van der Waals surface area contributed by atoms with Crippen LogP contribution in [-0.4, -0.2) is 41.6 Å². The number of aryl methyl sites for hydroxylation is 3. The Labute approximate surface area is 172 Å². The lowest BCUT2D eigenvalue weighted by atomic mass is 9.74. The molecule has 0 radical (unpaired) electrons. The van der Waals surface area contributed by atoms with Gasteiger partial charge in [0.2, 0.25) is 5.91 Å². The molecule has 29 heavy (non-hydrogen) atoms. The lowest BCUT2D eigenvalue weighted by Gasteiger charge is -2.41. The normalized spacial score (nSPS) is 19.2. The van der Waals surface area contributed by atoms with Gasteiger partial charge in [-0.2, -0.15) is 0 Å². The van der Waals surface area contributed by atoms with Gasteiger partial charge >= 0.3 is 5.97 Å². The fraction of sp³-hybridized carbons (Fsp3) is 0.522. The molecule has 1 aromatic carbocycles. The van der Waals surface area contributed by atoms with Gasteiger partial charge < -0.3 is 14.2 Å². The van der Waals surface area contributed by atoms with E-state index in [1.807, 2.05) is 37.8 Å². The van der Waals surface area contributed by atoms with E-state index in [2.05, 4.69) is 24.2 Å². The van der Waals surface area contributed by atoms with E-state index in [0.29, 0.717) is 31.9 Å². The van der Waals surface area contributed by atoms with Crippen LogP contribution < -0.4 is 0 Å². The molecule has 2 aromatic rings. The maximum atomic E-state index is 13.1. The molecule has 6 heteroatoms. The number of piperidine rings is 1. The topological polar surface area (TPSA) is 72.6 Å². The number of likely N-dealkylation sites (tertiary alicyclic amines) is 1. The van der Waals surface area contributed by atoms with Crippen LogP contribution in [0.15, 0.2) is 28.8 Å². The van der Waals surface area contributed by atoms with E-state index in [-0.39, 0.29) is 18.3 Å². The highest BCUT2D eigenvalue weighted by Crippen LogP contribution is 2.36. The minimum Gasteiger partial charge on any atom is -0.466 e. The summed E-state index contributed by atoms with van der Waals surface area (Å²) in [5.74, 6) is 0.458. The predicted molar refractivity (Wildman–Crippen MR) is 109 cm³/mol. The van der Waals surface area contributed by atoms with Crippen LogP contribution in [0.2, 0.25) is 0 Å². The largest absolute Gasteiger partial charge is 0.466 e. The fourth-order valence-corrected chi connectivity index (χ4v) is 4.20. The lowest BCUT2D eigenvalue weighted by molar-refractivity contribution is -0.160. The zero-order valence-electron chi connectivity index (χ0n) is 17.8. The molecule has 0 aliphatic carbocycles. The summed E-state index contributed by atoms with van der Waals surface area (Å²) < 4.78 is 10.7. The Bertz CT molecular complexity index is 869. The summed E-state index contributed by atoms with van der Waals surface area (Å²) in [6.45, 7) is 8.90. The summed E-state index contributed by atoms with van der Waals surface area (Å²) in [4.78, 5) is 27.9. The summed E-state index contributed by atoms with van der Waals surface area (Å²) in [5, 5.41) is 3.94. The molecule has 0 saturated carbocycles. The molecule has 0 unspecified atom stereocenters. The Kier molecular flexibility index (Phi) is 6.40. The van der Waals surface area contributed by atoms with Crippen molar-refractivity contribution < 1.29 is 18.8 Å². The van der Waals surface area contributed by atoms with Gasteiger partial charge in [-0.25, -0.2) is 0 Å². The molecular weight excluding hydrogens is 368 g/mol. The summed E-state index contributed by atoms with van der Waals surface area (Å²) in [5.41, 5.74) is 3.14. The number of aromatic nitrogens is 1. The van der Waals surface area contributed by atoms with Crippen LogP contribution in [0, 0.1) is 26.2 Å². The first-order chi connectivity index (χ1) is 13.9. The van der Waals surface area contributed by atoms with Gasteiger partial charge in [0.15, 0.2) is 0 Å². The molecule has 1 aliphatic rings. The number of hydrogen-bond acceptors (Lipinski definition) is 5. The van der Waals surface area contributed by atoms with Gasteiger partial charge in [0.05, 0.1) is 24.1 Å². The van der Waals surface area contributed by atoms with Gasteiger partial charge in [-0.15, -0.1) is 0 Å². The highest BCUT2D eigenvalue weighted by molar-refractivity contribution is 5.82. The van der Waals surface area contributed by atoms with Gasteiger partial charge in [0.1, 0.15) is 5.76 Å². The molecule has 156 valence electrons. The van der Waals surface area contributed by atoms with Crippen molar-refractivity contribution >= 4 is 11.9 Å². The van der Waals surface area contributed by atoms with E-state index < -0.39 is 5.41 Å². The third-order valence-electron chi connectivity index (χ3n) is 5.94. The molecule has 1 aromatic heterocycles. The maximum Gasteiger partial charge on any atom is 0.314 e. The smallest absolute Gasteiger partial charge is 0.314 e. The van der Waals surface area contributed by atoms with Crippen LogP contribution in [0.3, 0.4) is 0 Å². The third kappa shape index (κ3) is 4.52. The van der Waals surface area contributed by atoms with Crippen molar-refractivity contribution in [2.24, 2.45) is 5.41 Å². The SMILES string of the molecule is CCOC(=O)[C@]1(Cc2ccccc2C)CCCN(C(=O)Cc2c(C)noc2C)C1. The summed E-state index contributed by atoms with van der Waals surface area (Å²) in [7, 11) is 0. The minimum atomic E-state index is -0.714. The fourth-order valence-electron chi connectivity index (χ4n) is 4.20. The Morgan fingerprint density at radius 1 is 1.24 bits per heavy atom. The van der Waals surface area contributed by atoms with Gasteiger partial charge in [-0.05, 0) is 58.1 Å². The van der Waals surface area contributed by atoms with Gasteiger partial charge in [0, 0.05) is 18.7 Å². The van der Waals surface area contributed by atoms with Crippen LogP contribution >= 0.6 is 0 Å². The second-order valence-corrected chi connectivity index (χ2v) is 8.00. The van der Waals surface area contributed by atoms with E-state index in [9.17, 15) is 9.59 Å². The van der Waals surface area contributed by atoms with Crippen molar-refractivity contribution in [3.63, 3.8) is 0 Å². The van der Waals surface area contributed by atoms with Crippen LogP contribution in [-0.2, 0) is 27.2 Å². The van der Waals surface area contributed by atoms with Crippen molar-refractivity contribution in [3.8, 4) is 0 Å². The van der Waals surface area contributed by atoms with E-state index >= 15 is 0 Å². The lowest BCUT2D eigenvalue weighted by Crippen LogP contribution is -2.52. The highest BCUT2D eigenvalue weighted by Gasteiger charge is 2.45. The molecule has 1 aliphatic heterocycles. The quantitative estimate of drug-likeness (QED) is 0.696. The number of benzene rings is 1. The molecule has 3 rings (SSSR count). The Morgan fingerprint density at radius 3 is 2.66 bits per heavy atom. The number of carbonyl (C=O) groups is 2. The van der Waals surface area contributed by atoms with Crippen molar-refractivity contribution in [2.45, 2.75) is 53.4 Å². The molecule has 1 saturated heterocycles. The number of hydrogen-bond donors (Lipinski definition) is 0. The molecule has 6 nitrogen and oxygen atoms in total. The van der Waals surface area contributed by atoms with Crippen LogP contribution in [0.25, 0.3) is 0 Å².